The normalized spacial score (nSPS) is 21.4. The number of guanidine groups is 1. The lowest BCUT2D eigenvalue weighted by Gasteiger charge is -2.28. The quantitative estimate of drug-likeness (QED) is 0.372. The van der Waals surface area contributed by atoms with E-state index < -0.39 is 0 Å². The summed E-state index contributed by atoms with van der Waals surface area (Å²) in [5.74, 6) is 2.14. The minimum atomic E-state index is 0. The van der Waals surface area contributed by atoms with E-state index in [-0.39, 0.29) is 24.0 Å². The van der Waals surface area contributed by atoms with Crippen molar-refractivity contribution in [3.05, 3.63) is 24.2 Å². The number of likely N-dealkylation sites (tertiary alicyclic amines) is 1. The number of hydrogen-bond acceptors (Lipinski definition) is 3. The highest BCUT2D eigenvalue weighted by atomic mass is 127. The molecular formula is C20H35IN4O. The number of hydrogen-bond donors (Lipinski definition) is 1. The second kappa shape index (κ2) is 11.2. The van der Waals surface area contributed by atoms with Crippen molar-refractivity contribution in [2.75, 3.05) is 32.7 Å². The molecule has 0 aromatic carbocycles. The summed E-state index contributed by atoms with van der Waals surface area (Å²) in [7, 11) is 0. The summed E-state index contributed by atoms with van der Waals surface area (Å²) >= 11 is 0. The van der Waals surface area contributed by atoms with Crippen molar-refractivity contribution in [3.8, 4) is 0 Å². The third-order valence-corrected chi connectivity index (χ3v) is 5.68. The Hall–Kier alpha value is -0.760. The second-order valence-corrected chi connectivity index (χ2v) is 7.27. The van der Waals surface area contributed by atoms with Crippen molar-refractivity contribution in [2.24, 2.45) is 4.99 Å². The molecular weight excluding hydrogens is 439 g/mol. The van der Waals surface area contributed by atoms with Crippen LogP contribution in [0.4, 0.5) is 0 Å². The third-order valence-electron chi connectivity index (χ3n) is 5.68. The largest absolute Gasteiger partial charge is 0.469 e. The summed E-state index contributed by atoms with van der Waals surface area (Å²) in [5, 5.41) is 3.76. The molecule has 0 bridgehead atoms. The van der Waals surface area contributed by atoms with Crippen LogP contribution < -0.4 is 5.32 Å². The Bertz CT molecular complexity index is 524. The van der Waals surface area contributed by atoms with Gasteiger partial charge in [0.2, 0.25) is 0 Å². The van der Waals surface area contributed by atoms with Crippen LogP contribution >= 0.6 is 24.0 Å². The van der Waals surface area contributed by atoms with Crippen molar-refractivity contribution < 1.29 is 4.42 Å². The molecule has 1 aromatic rings. The van der Waals surface area contributed by atoms with Gasteiger partial charge >= 0.3 is 0 Å². The van der Waals surface area contributed by atoms with Crippen LogP contribution in [0.15, 0.2) is 27.8 Å². The lowest BCUT2D eigenvalue weighted by atomic mass is 10.2. The molecule has 3 rings (SSSR count). The van der Waals surface area contributed by atoms with Gasteiger partial charge < -0.3 is 14.6 Å². The van der Waals surface area contributed by atoms with Crippen LogP contribution in [-0.2, 0) is 6.42 Å². The maximum absolute atomic E-state index is 5.44. The van der Waals surface area contributed by atoms with Crippen LogP contribution in [0, 0.1) is 0 Å². The highest BCUT2D eigenvalue weighted by molar-refractivity contribution is 14.0. The Morgan fingerprint density at radius 2 is 2.04 bits per heavy atom. The van der Waals surface area contributed by atoms with Crippen LogP contribution in [0.1, 0.15) is 51.7 Å². The monoisotopic (exact) mass is 474 g/mol. The van der Waals surface area contributed by atoms with Crippen molar-refractivity contribution in [3.63, 3.8) is 0 Å². The van der Waals surface area contributed by atoms with Crippen LogP contribution in [0.2, 0.25) is 0 Å². The van der Waals surface area contributed by atoms with Crippen LogP contribution in [-0.4, -0.2) is 60.6 Å². The topological polar surface area (TPSA) is 44.0 Å². The number of nitrogens with one attached hydrogen (secondary N) is 1. The average Bonchev–Trinajstić information content (AvgIpc) is 3.38. The summed E-state index contributed by atoms with van der Waals surface area (Å²) < 4.78 is 5.44. The van der Waals surface area contributed by atoms with Gasteiger partial charge in [-0.25, -0.2) is 0 Å². The molecule has 0 spiro atoms. The van der Waals surface area contributed by atoms with Gasteiger partial charge in [-0.15, -0.1) is 24.0 Å². The minimum absolute atomic E-state index is 0. The van der Waals surface area contributed by atoms with Gasteiger partial charge in [-0.2, -0.15) is 0 Å². The molecule has 1 unspecified atom stereocenters. The van der Waals surface area contributed by atoms with Crippen LogP contribution in [0.5, 0.6) is 0 Å². The summed E-state index contributed by atoms with van der Waals surface area (Å²) in [6.07, 6.45) is 9.11. The molecule has 1 aliphatic heterocycles. The molecule has 0 radical (unpaired) electrons. The molecule has 1 aromatic heterocycles. The smallest absolute Gasteiger partial charge is 0.194 e. The lowest BCUT2D eigenvalue weighted by molar-refractivity contribution is 0.223. The highest BCUT2D eigenvalue weighted by Gasteiger charge is 2.29. The van der Waals surface area contributed by atoms with Crippen molar-refractivity contribution >= 4 is 29.9 Å². The summed E-state index contributed by atoms with van der Waals surface area (Å²) in [6.45, 7) is 9.80. The molecule has 26 heavy (non-hydrogen) atoms. The number of nitrogens with zero attached hydrogens (tertiary/aromatic N) is 3. The molecule has 2 aliphatic rings. The molecule has 1 N–H and O–H groups in total. The third kappa shape index (κ3) is 5.87. The molecule has 6 heteroatoms. The molecule has 2 fully saturated rings. The van der Waals surface area contributed by atoms with E-state index in [4.69, 9.17) is 9.41 Å². The minimum Gasteiger partial charge on any atom is -0.469 e. The zero-order valence-electron chi connectivity index (χ0n) is 16.3. The Morgan fingerprint density at radius 1 is 1.27 bits per heavy atom. The predicted molar refractivity (Wildman–Crippen MR) is 118 cm³/mol. The Kier molecular flexibility index (Phi) is 9.25. The first kappa shape index (κ1) is 21.5. The van der Waals surface area contributed by atoms with Gasteiger partial charge in [0.05, 0.1) is 6.26 Å². The standard InChI is InChI=1S/C20H34N4O.HI/c1-3-23(4-2)18-12-14-24(16-18)20(22-17-8-5-6-9-17)21-13-11-19-10-7-15-25-19;/h7,10,15,17-18H,3-6,8-9,11-14,16H2,1-2H3,(H,21,22);1H. The average molecular weight is 474 g/mol. The van der Waals surface area contributed by atoms with Gasteiger partial charge in [0, 0.05) is 38.1 Å². The molecule has 1 saturated heterocycles. The molecule has 5 nitrogen and oxygen atoms in total. The maximum atomic E-state index is 5.44. The lowest BCUT2D eigenvalue weighted by Crippen LogP contribution is -2.46. The van der Waals surface area contributed by atoms with E-state index in [1.54, 1.807) is 6.26 Å². The van der Waals surface area contributed by atoms with Crippen molar-refractivity contribution in [2.45, 2.75) is 64.5 Å². The van der Waals surface area contributed by atoms with Gasteiger partial charge in [0.25, 0.3) is 0 Å². The molecule has 148 valence electrons. The fraction of sp³-hybridized carbons (Fsp3) is 0.750. The summed E-state index contributed by atoms with van der Waals surface area (Å²) in [6, 6.07) is 5.25. The fourth-order valence-electron chi connectivity index (χ4n) is 4.19. The van der Waals surface area contributed by atoms with Gasteiger partial charge in [0.15, 0.2) is 5.96 Å². The zero-order valence-corrected chi connectivity index (χ0v) is 18.7. The summed E-state index contributed by atoms with van der Waals surface area (Å²) in [4.78, 5) is 10.00. The number of furan rings is 1. The Balaban J connectivity index is 0.00000243. The fourth-order valence-corrected chi connectivity index (χ4v) is 4.19. The van der Waals surface area contributed by atoms with E-state index in [0.29, 0.717) is 12.1 Å². The van der Waals surface area contributed by atoms with E-state index in [0.717, 1.165) is 50.9 Å². The van der Waals surface area contributed by atoms with E-state index in [1.807, 2.05) is 12.1 Å². The summed E-state index contributed by atoms with van der Waals surface area (Å²) in [5.41, 5.74) is 0. The molecule has 1 aliphatic carbocycles. The first-order valence-electron chi connectivity index (χ1n) is 10.1. The number of rotatable bonds is 7. The molecule has 1 atom stereocenters. The van der Waals surface area contributed by atoms with E-state index in [2.05, 4.69) is 29.0 Å². The first-order chi connectivity index (χ1) is 12.3. The Morgan fingerprint density at radius 3 is 2.69 bits per heavy atom. The van der Waals surface area contributed by atoms with E-state index in [1.165, 1.54) is 32.1 Å². The van der Waals surface area contributed by atoms with E-state index >= 15 is 0 Å². The van der Waals surface area contributed by atoms with Gasteiger partial charge in [-0.05, 0) is 44.5 Å². The van der Waals surface area contributed by atoms with Gasteiger partial charge in [-0.1, -0.05) is 26.7 Å². The second-order valence-electron chi connectivity index (χ2n) is 7.27. The number of halogens is 1. The van der Waals surface area contributed by atoms with E-state index in [9.17, 15) is 0 Å². The van der Waals surface area contributed by atoms with Gasteiger partial charge in [0.1, 0.15) is 5.76 Å². The highest BCUT2D eigenvalue weighted by Crippen LogP contribution is 2.20. The SMILES string of the molecule is CCN(CC)C1CCN(C(=NCCc2ccco2)NC2CCCC2)C1.I. The number of likely N-dealkylation sites (N-methyl/N-ethyl adjacent to an activating group) is 1. The zero-order chi connectivity index (χ0) is 17.5. The first-order valence-corrected chi connectivity index (χ1v) is 10.1. The molecule has 2 heterocycles. The maximum Gasteiger partial charge on any atom is 0.194 e. The molecule has 1 saturated carbocycles. The van der Waals surface area contributed by atoms with Crippen molar-refractivity contribution in [1.29, 1.82) is 0 Å². The Labute approximate surface area is 175 Å². The van der Waals surface area contributed by atoms with Gasteiger partial charge in [-0.3, -0.25) is 9.89 Å². The van der Waals surface area contributed by atoms with Crippen molar-refractivity contribution in [1.82, 2.24) is 15.1 Å². The van der Waals surface area contributed by atoms with Crippen LogP contribution in [0.25, 0.3) is 0 Å². The van der Waals surface area contributed by atoms with Crippen LogP contribution in [0.3, 0.4) is 0 Å². The predicted octanol–water partition coefficient (Wildman–Crippen LogP) is 3.74. The number of aliphatic imine (C=N–C) groups is 1. The molecule has 0 amide bonds.